The van der Waals surface area contributed by atoms with E-state index in [0.29, 0.717) is 11.4 Å². The summed E-state index contributed by atoms with van der Waals surface area (Å²) in [5, 5.41) is 23.4. The molecule has 1 aromatic carbocycles. The van der Waals surface area contributed by atoms with Crippen molar-refractivity contribution in [2.45, 2.75) is 39.3 Å². The van der Waals surface area contributed by atoms with Gasteiger partial charge in [0.25, 0.3) is 0 Å². The fraction of sp³-hybridized carbons (Fsp3) is 0.389. The number of carbonyl (C=O) groups is 2. The van der Waals surface area contributed by atoms with Crippen LogP contribution in [0.2, 0.25) is 0 Å². The third-order valence-electron chi connectivity index (χ3n) is 4.45. The molecule has 0 radical (unpaired) electrons. The molecule has 2 N–H and O–H groups in total. The highest BCUT2D eigenvalue weighted by Crippen LogP contribution is 2.39. The predicted octanol–water partition coefficient (Wildman–Crippen LogP) is 3.68. The molecule has 8 heteroatoms. The molecule has 0 aliphatic carbocycles. The van der Waals surface area contributed by atoms with E-state index >= 15 is 0 Å². The Kier molecular flexibility index (Phi) is 4.14. The number of rotatable bonds is 1. The van der Waals surface area contributed by atoms with Crippen molar-refractivity contribution in [1.82, 2.24) is 9.78 Å². The zero-order valence-electron chi connectivity index (χ0n) is 15.2. The maximum atomic E-state index is 11.7. The minimum atomic E-state index is -1.11. The normalized spacial score (nSPS) is 17.2. The Morgan fingerprint density at radius 2 is 1.81 bits per heavy atom. The van der Waals surface area contributed by atoms with Crippen LogP contribution in [-0.4, -0.2) is 44.8 Å². The lowest BCUT2D eigenvalue weighted by Crippen LogP contribution is -2.51. The molecule has 0 fully saturated rings. The quantitative estimate of drug-likeness (QED) is 0.810. The summed E-state index contributed by atoms with van der Waals surface area (Å²) in [6.45, 7) is 7.88. The lowest BCUT2D eigenvalue weighted by molar-refractivity contribution is 0.194. The van der Waals surface area contributed by atoms with Crippen molar-refractivity contribution in [2.75, 3.05) is 16.3 Å². The number of benzene rings is 1. The molecule has 2 heterocycles. The van der Waals surface area contributed by atoms with E-state index in [9.17, 15) is 19.8 Å². The first-order valence-electron chi connectivity index (χ1n) is 8.32. The van der Waals surface area contributed by atoms with Gasteiger partial charge in [0.1, 0.15) is 0 Å². The van der Waals surface area contributed by atoms with Gasteiger partial charge in [-0.15, -0.1) is 0 Å². The van der Waals surface area contributed by atoms with Gasteiger partial charge >= 0.3 is 12.2 Å². The van der Waals surface area contributed by atoms with Gasteiger partial charge in [0.2, 0.25) is 0 Å². The van der Waals surface area contributed by atoms with Crippen LogP contribution in [0.15, 0.2) is 30.6 Å². The summed E-state index contributed by atoms with van der Waals surface area (Å²) in [5.41, 5.74) is 2.18. The minimum absolute atomic E-state index is 0.0827. The molecular weight excluding hydrogens is 336 g/mol. The average Bonchev–Trinajstić information content (AvgIpc) is 3.03. The van der Waals surface area contributed by atoms with Gasteiger partial charge in [-0.1, -0.05) is 6.07 Å². The number of anilines is 2. The van der Waals surface area contributed by atoms with Gasteiger partial charge in [-0.3, -0.25) is 14.5 Å². The topological polar surface area (TPSA) is 98.9 Å². The van der Waals surface area contributed by atoms with Crippen molar-refractivity contribution in [3.8, 4) is 11.1 Å². The predicted molar refractivity (Wildman–Crippen MR) is 98.0 cm³/mol. The first-order chi connectivity index (χ1) is 12.1. The zero-order valence-corrected chi connectivity index (χ0v) is 15.2. The van der Waals surface area contributed by atoms with Crippen molar-refractivity contribution in [1.29, 1.82) is 0 Å². The van der Waals surface area contributed by atoms with Crippen molar-refractivity contribution < 1.29 is 19.8 Å². The minimum Gasteiger partial charge on any atom is -0.465 e. The smallest absolute Gasteiger partial charge is 0.412 e. The second-order valence-corrected chi connectivity index (χ2v) is 7.44. The van der Waals surface area contributed by atoms with Crippen LogP contribution >= 0.6 is 0 Å². The van der Waals surface area contributed by atoms with E-state index in [2.05, 4.69) is 5.10 Å². The molecule has 1 aliphatic heterocycles. The van der Waals surface area contributed by atoms with E-state index < -0.39 is 18.2 Å². The lowest BCUT2D eigenvalue weighted by Gasteiger charge is -2.38. The summed E-state index contributed by atoms with van der Waals surface area (Å²) >= 11 is 0. The standard InChI is InChI=1S/C18H22N4O4/c1-11-9-20(16(23)24)15-7-12(5-6-14(15)22(11)17(25)26)13-8-19-21(10-13)18(2,3)4/h5-8,10-11H,9H2,1-4H3,(H,23,24)(H,25,26)/t11-/m0/s1. The zero-order chi connectivity index (χ0) is 19.2. The highest BCUT2D eigenvalue weighted by atomic mass is 16.4. The van der Waals surface area contributed by atoms with E-state index in [1.165, 1.54) is 9.80 Å². The maximum Gasteiger partial charge on any atom is 0.412 e. The SMILES string of the molecule is C[C@H]1CN(C(=O)O)c2cc(-c3cnn(C(C)(C)C)c3)ccc2N1C(=O)O. The number of carboxylic acid groups (broad SMARTS) is 2. The third kappa shape index (κ3) is 2.98. The molecule has 0 unspecified atom stereocenters. The second-order valence-electron chi connectivity index (χ2n) is 7.44. The Hall–Kier alpha value is -3.03. The highest BCUT2D eigenvalue weighted by Gasteiger charge is 2.35. The third-order valence-corrected chi connectivity index (χ3v) is 4.45. The van der Waals surface area contributed by atoms with Gasteiger partial charge in [0.15, 0.2) is 0 Å². The van der Waals surface area contributed by atoms with E-state index in [1.54, 1.807) is 31.3 Å². The Labute approximate surface area is 151 Å². The molecule has 1 aliphatic rings. The van der Waals surface area contributed by atoms with Gasteiger partial charge in [-0.05, 0) is 45.4 Å². The lowest BCUT2D eigenvalue weighted by atomic mass is 10.0. The largest absolute Gasteiger partial charge is 0.465 e. The Bertz CT molecular complexity index is 868. The van der Waals surface area contributed by atoms with Crippen LogP contribution in [0.25, 0.3) is 11.1 Å². The number of hydrogen-bond acceptors (Lipinski definition) is 3. The number of fused-ring (bicyclic) bond motifs is 1. The molecule has 26 heavy (non-hydrogen) atoms. The molecule has 0 bridgehead atoms. The second kappa shape index (κ2) is 6.05. The molecule has 0 saturated carbocycles. The summed E-state index contributed by atoms with van der Waals surface area (Å²) in [7, 11) is 0. The van der Waals surface area contributed by atoms with Gasteiger partial charge in [-0.25, -0.2) is 9.59 Å². The number of nitrogens with zero attached hydrogens (tertiary/aromatic N) is 4. The monoisotopic (exact) mass is 358 g/mol. The van der Waals surface area contributed by atoms with E-state index in [4.69, 9.17) is 0 Å². The van der Waals surface area contributed by atoms with Crippen LogP contribution in [0.4, 0.5) is 21.0 Å². The van der Waals surface area contributed by atoms with Crippen molar-refractivity contribution in [2.24, 2.45) is 0 Å². The summed E-state index contributed by atoms with van der Waals surface area (Å²) < 4.78 is 1.84. The van der Waals surface area contributed by atoms with Gasteiger partial charge in [-0.2, -0.15) is 5.10 Å². The van der Waals surface area contributed by atoms with Gasteiger partial charge in [0, 0.05) is 11.8 Å². The summed E-state index contributed by atoms with van der Waals surface area (Å²) in [4.78, 5) is 25.7. The van der Waals surface area contributed by atoms with E-state index in [0.717, 1.165) is 11.1 Å². The average molecular weight is 358 g/mol. The number of aromatic nitrogens is 2. The van der Waals surface area contributed by atoms with Crippen molar-refractivity contribution >= 4 is 23.6 Å². The van der Waals surface area contributed by atoms with Crippen molar-refractivity contribution in [3.63, 3.8) is 0 Å². The fourth-order valence-corrected chi connectivity index (χ4v) is 3.12. The van der Waals surface area contributed by atoms with Crippen LogP contribution < -0.4 is 9.80 Å². The first kappa shape index (κ1) is 17.8. The number of hydrogen-bond donors (Lipinski definition) is 2. The molecule has 2 aromatic rings. The van der Waals surface area contributed by atoms with Crippen LogP contribution in [-0.2, 0) is 5.54 Å². The summed E-state index contributed by atoms with van der Waals surface area (Å²) in [6, 6.07) is 4.68. The Balaban J connectivity index is 2.10. The van der Waals surface area contributed by atoms with E-state index in [-0.39, 0.29) is 12.1 Å². The first-order valence-corrected chi connectivity index (χ1v) is 8.32. The Morgan fingerprint density at radius 3 is 2.35 bits per heavy atom. The molecule has 1 atom stereocenters. The van der Waals surface area contributed by atoms with Crippen LogP contribution in [0, 0.1) is 0 Å². The molecule has 2 amide bonds. The summed E-state index contributed by atoms with van der Waals surface area (Å²) in [6.07, 6.45) is 1.41. The molecule has 3 rings (SSSR count). The van der Waals surface area contributed by atoms with E-state index in [1.807, 2.05) is 31.6 Å². The van der Waals surface area contributed by atoms with Gasteiger partial charge in [0.05, 0.1) is 35.7 Å². The van der Waals surface area contributed by atoms with Crippen LogP contribution in [0.5, 0.6) is 0 Å². The molecule has 0 spiro atoms. The maximum absolute atomic E-state index is 11.7. The molecular formula is C18H22N4O4. The Morgan fingerprint density at radius 1 is 1.12 bits per heavy atom. The van der Waals surface area contributed by atoms with Crippen molar-refractivity contribution in [3.05, 3.63) is 30.6 Å². The fourth-order valence-electron chi connectivity index (χ4n) is 3.12. The molecule has 1 aromatic heterocycles. The van der Waals surface area contributed by atoms with Gasteiger partial charge < -0.3 is 10.2 Å². The van der Waals surface area contributed by atoms with Crippen LogP contribution in [0.3, 0.4) is 0 Å². The molecule has 138 valence electrons. The molecule has 0 saturated heterocycles. The van der Waals surface area contributed by atoms with Crippen LogP contribution in [0.1, 0.15) is 27.7 Å². The highest BCUT2D eigenvalue weighted by molar-refractivity contribution is 6.00. The summed E-state index contributed by atoms with van der Waals surface area (Å²) in [5.74, 6) is 0. The number of amides is 2. The molecule has 8 nitrogen and oxygen atoms in total.